The minimum Gasteiger partial charge on any atom is -0.396 e. The second-order valence-electron chi connectivity index (χ2n) is 9.77. The largest absolute Gasteiger partial charge is 0.396 e. The molecule has 2 aromatic carbocycles. The molecule has 1 amide bonds. The van der Waals surface area contributed by atoms with E-state index in [1.54, 1.807) is 23.1 Å². The number of carbonyl (C=O) groups is 1. The van der Waals surface area contributed by atoms with E-state index in [2.05, 4.69) is 5.32 Å². The molecule has 0 saturated carbocycles. The summed E-state index contributed by atoms with van der Waals surface area (Å²) >= 11 is 6.21. The van der Waals surface area contributed by atoms with Crippen LogP contribution in [-0.4, -0.2) is 79.4 Å². The van der Waals surface area contributed by atoms with Crippen LogP contribution in [0.5, 0.6) is 0 Å². The van der Waals surface area contributed by atoms with Gasteiger partial charge < -0.3 is 15.3 Å². The maximum absolute atomic E-state index is 14.9. The minimum atomic E-state index is -4.21. The molecule has 2 aliphatic rings. The lowest BCUT2D eigenvalue weighted by Gasteiger charge is -2.37. The van der Waals surface area contributed by atoms with Crippen LogP contribution in [0.25, 0.3) is 0 Å². The Morgan fingerprint density at radius 3 is 2.45 bits per heavy atom. The second-order valence-corrected chi connectivity index (χ2v) is 10.2. The molecule has 2 heterocycles. The first kappa shape index (κ1) is 28.5. The third-order valence-corrected chi connectivity index (χ3v) is 7.32. The van der Waals surface area contributed by atoms with Gasteiger partial charge in [-0.1, -0.05) is 11.6 Å². The quantitative estimate of drug-likeness (QED) is 0.456. The summed E-state index contributed by atoms with van der Waals surface area (Å²) in [5, 5.41) is 12.6. The number of hydrogen-bond acceptors (Lipinski definition) is 5. The Labute approximate surface area is 223 Å². The highest BCUT2D eigenvalue weighted by atomic mass is 35.5. The average molecular weight is 561 g/mol. The summed E-state index contributed by atoms with van der Waals surface area (Å²) < 4.78 is 66.7. The number of aliphatic hydroxyl groups is 1. The van der Waals surface area contributed by atoms with E-state index < -0.39 is 30.1 Å². The number of nitrogens with zero attached hydrogens (tertiary/aromatic N) is 3. The van der Waals surface area contributed by atoms with E-state index in [0.29, 0.717) is 55.7 Å². The molecule has 0 radical (unpaired) electrons. The number of hydrogen-bond donors (Lipinski definition) is 2. The summed E-state index contributed by atoms with van der Waals surface area (Å²) in [4.78, 5) is 18.9. The molecule has 12 heteroatoms. The number of likely N-dealkylation sites (tertiary alicyclic amines) is 1. The summed E-state index contributed by atoms with van der Waals surface area (Å²) in [7, 11) is 0. The third kappa shape index (κ3) is 7.13. The molecule has 2 aromatic rings. The molecule has 38 heavy (non-hydrogen) atoms. The van der Waals surface area contributed by atoms with Gasteiger partial charge >= 0.3 is 6.18 Å². The van der Waals surface area contributed by atoms with Crippen LogP contribution in [0.3, 0.4) is 0 Å². The predicted molar refractivity (Wildman–Crippen MR) is 136 cm³/mol. The fraction of sp³-hybridized carbons (Fsp3) is 0.500. The highest BCUT2D eigenvalue weighted by Crippen LogP contribution is 2.32. The molecule has 4 rings (SSSR count). The van der Waals surface area contributed by atoms with Crippen molar-refractivity contribution in [3.63, 3.8) is 0 Å². The van der Waals surface area contributed by atoms with E-state index in [1.165, 1.54) is 6.07 Å². The standard InChI is InChI=1S/C26H30ClF5N4O2/c27-18-1-4-22(23(13-18)36-11-9-34(10-12-36)8-6-26(30,31)32)33-25(38)19-2-3-21(28)24(29)20(19)15-35-7-5-17(14-35)16-37/h1-4,13,17,37H,5-12,14-16H2,(H,33,38). The van der Waals surface area contributed by atoms with Crippen LogP contribution in [0.2, 0.25) is 5.02 Å². The topological polar surface area (TPSA) is 59.1 Å². The van der Waals surface area contributed by atoms with Crippen molar-refractivity contribution in [3.05, 3.63) is 58.1 Å². The van der Waals surface area contributed by atoms with Gasteiger partial charge in [0.15, 0.2) is 11.6 Å². The van der Waals surface area contributed by atoms with Gasteiger partial charge in [-0.25, -0.2) is 8.78 Å². The van der Waals surface area contributed by atoms with Crippen molar-refractivity contribution in [2.24, 2.45) is 5.92 Å². The lowest BCUT2D eigenvalue weighted by Crippen LogP contribution is -2.47. The monoisotopic (exact) mass is 560 g/mol. The van der Waals surface area contributed by atoms with Crippen molar-refractivity contribution in [3.8, 4) is 0 Å². The van der Waals surface area contributed by atoms with E-state index >= 15 is 0 Å². The minimum absolute atomic E-state index is 0.00535. The summed E-state index contributed by atoms with van der Waals surface area (Å²) in [6.45, 7) is 2.74. The van der Waals surface area contributed by atoms with Gasteiger partial charge in [0, 0.05) is 68.6 Å². The van der Waals surface area contributed by atoms with Crippen molar-refractivity contribution in [2.45, 2.75) is 25.6 Å². The number of nitrogens with one attached hydrogen (secondary N) is 1. The molecule has 2 N–H and O–H groups in total. The van der Waals surface area contributed by atoms with Crippen LogP contribution < -0.4 is 10.2 Å². The predicted octanol–water partition coefficient (Wildman–Crippen LogP) is 4.76. The molecule has 0 bridgehead atoms. The SMILES string of the molecule is O=C(Nc1ccc(Cl)cc1N1CCN(CCC(F)(F)F)CC1)c1ccc(F)c(F)c1CN1CCC(CO)C1. The summed E-state index contributed by atoms with van der Waals surface area (Å²) in [5.41, 5.74) is 0.931. The lowest BCUT2D eigenvalue weighted by molar-refractivity contribution is -0.138. The fourth-order valence-electron chi connectivity index (χ4n) is 4.95. The Hall–Kier alpha value is -2.47. The first-order chi connectivity index (χ1) is 18.0. The van der Waals surface area contributed by atoms with E-state index in [9.17, 15) is 31.9 Å². The fourth-order valence-corrected chi connectivity index (χ4v) is 5.11. The number of alkyl halides is 3. The molecule has 6 nitrogen and oxygen atoms in total. The van der Waals surface area contributed by atoms with Gasteiger partial charge in [0.05, 0.1) is 17.8 Å². The summed E-state index contributed by atoms with van der Waals surface area (Å²) in [6, 6.07) is 7.02. The lowest BCUT2D eigenvalue weighted by atomic mass is 10.0. The zero-order chi connectivity index (χ0) is 27.4. The van der Waals surface area contributed by atoms with E-state index in [4.69, 9.17) is 11.6 Å². The smallest absolute Gasteiger partial charge is 0.390 e. The number of benzene rings is 2. The molecule has 2 fully saturated rings. The van der Waals surface area contributed by atoms with Gasteiger partial charge in [0.1, 0.15) is 0 Å². The molecule has 1 atom stereocenters. The first-order valence-corrected chi connectivity index (χ1v) is 12.9. The van der Waals surface area contributed by atoms with Gasteiger partial charge in [0.25, 0.3) is 5.91 Å². The van der Waals surface area contributed by atoms with Crippen molar-refractivity contribution >= 4 is 28.9 Å². The molecular weight excluding hydrogens is 531 g/mol. The first-order valence-electron chi connectivity index (χ1n) is 12.5. The molecular formula is C26H30ClF5N4O2. The highest BCUT2D eigenvalue weighted by molar-refractivity contribution is 6.31. The Balaban J connectivity index is 1.50. The van der Waals surface area contributed by atoms with E-state index in [-0.39, 0.29) is 36.7 Å². The molecule has 2 aliphatic heterocycles. The molecule has 208 valence electrons. The van der Waals surface area contributed by atoms with Crippen LogP contribution in [0.1, 0.15) is 28.8 Å². The van der Waals surface area contributed by atoms with Crippen molar-refractivity contribution < 1.29 is 31.9 Å². The zero-order valence-electron chi connectivity index (χ0n) is 20.7. The summed E-state index contributed by atoms with van der Waals surface area (Å²) in [6.07, 6.45) is -4.36. The second kappa shape index (κ2) is 12.1. The van der Waals surface area contributed by atoms with E-state index in [0.717, 1.165) is 12.5 Å². The van der Waals surface area contributed by atoms with Gasteiger partial charge in [0.2, 0.25) is 0 Å². The Kier molecular flexibility index (Phi) is 9.12. The van der Waals surface area contributed by atoms with Gasteiger partial charge in [-0.2, -0.15) is 13.2 Å². The van der Waals surface area contributed by atoms with Crippen molar-refractivity contribution in [1.29, 1.82) is 0 Å². The van der Waals surface area contributed by atoms with Crippen LogP contribution in [0.4, 0.5) is 33.3 Å². The molecule has 0 spiro atoms. The van der Waals surface area contributed by atoms with Crippen molar-refractivity contribution in [2.75, 3.05) is 62.6 Å². The maximum atomic E-state index is 14.9. The van der Waals surface area contributed by atoms with Crippen LogP contribution in [-0.2, 0) is 6.54 Å². The number of amides is 1. The Bertz CT molecular complexity index is 1140. The van der Waals surface area contributed by atoms with Gasteiger partial charge in [-0.3, -0.25) is 14.6 Å². The molecule has 0 aliphatic carbocycles. The number of rotatable bonds is 8. The highest BCUT2D eigenvalue weighted by Gasteiger charge is 2.30. The maximum Gasteiger partial charge on any atom is 0.390 e. The number of anilines is 2. The number of carbonyl (C=O) groups excluding carboxylic acids is 1. The average Bonchev–Trinajstić information content (AvgIpc) is 3.34. The van der Waals surface area contributed by atoms with Crippen LogP contribution in [0.15, 0.2) is 30.3 Å². The third-order valence-electron chi connectivity index (χ3n) is 7.08. The normalized spacial score (nSPS) is 19.2. The van der Waals surface area contributed by atoms with Crippen LogP contribution >= 0.6 is 11.6 Å². The van der Waals surface area contributed by atoms with Crippen LogP contribution in [0, 0.1) is 17.6 Å². The zero-order valence-corrected chi connectivity index (χ0v) is 21.5. The molecule has 0 aromatic heterocycles. The Morgan fingerprint density at radius 1 is 1.05 bits per heavy atom. The number of halogens is 6. The van der Waals surface area contributed by atoms with Gasteiger partial charge in [-0.05, 0) is 49.2 Å². The summed E-state index contributed by atoms with van der Waals surface area (Å²) in [5.74, 6) is -2.71. The molecule has 1 unspecified atom stereocenters. The number of aliphatic hydroxyl groups excluding tert-OH is 1. The number of piperazine rings is 1. The van der Waals surface area contributed by atoms with E-state index in [1.807, 2.05) is 9.80 Å². The van der Waals surface area contributed by atoms with Gasteiger partial charge in [-0.15, -0.1) is 0 Å². The molecule has 2 saturated heterocycles. The Morgan fingerprint density at radius 2 is 1.79 bits per heavy atom. The van der Waals surface area contributed by atoms with Crippen molar-refractivity contribution in [1.82, 2.24) is 9.80 Å².